The van der Waals surface area contributed by atoms with Gasteiger partial charge in [0, 0.05) is 5.69 Å². The molecule has 1 unspecified atom stereocenters. The van der Waals surface area contributed by atoms with Crippen LogP contribution in [0.5, 0.6) is 0 Å². The zero-order valence-electron chi connectivity index (χ0n) is 20.4. The standard InChI is InChI=1S/C26H29N3O6/c1-14(2)23(29-24(32)18-8-6-7-9-19(18)25(29)33)26(34)35-13-21(31)27-12-20(30)28-22-16(4)10-15(3)11-17(22)5/h6-11,14,23H,12-13H2,1-5H3,(H,27,31)(H,28,30). The number of amides is 4. The van der Waals surface area contributed by atoms with E-state index in [-0.39, 0.29) is 17.7 Å². The molecule has 1 aliphatic rings. The molecule has 2 aromatic carbocycles. The molecule has 0 aromatic heterocycles. The number of hydrogen-bond acceptors (Lipinski definition) is 6. The van der Waals surface area contributed by atoms with Crippen LogP contribution in [0.4, 0.5) is 5.69 Å². The minimum atomic E-state index is -1.19. The highest BCUT2D eigenvalue weighted by atomic mass is 16.5. The van der Waals surface area contributed by atoms with Gasteiger partial charge in [0.2, 0.25) is 5.91 Å². The van der Waals surface area contributed by atoms with Crippen LogP contribution in [0.2, 0.25) is 0 Å². The molecule has 35 heavy (non-hydrogen) atoms. The summed E-state index contributed by atoms with van der Waals surface area (Å²) in [5.41, 5.74) is 4.02. The number of nitrogens with zero attached hydrogens (tertiary/aromatic N) is 1. The summed E-state index contributed by atoms with van der Waals surface area (Å²) in [5.74, 6) is -3.59. The maximum Gasteiger partial charge on any atom is 0.330 e. The average Bonchev–Trinajstić information content (AvgIpc) is 3.04. The molecule has 2 N–H and O–H groups in total. The first-order valence-electron chi connectivity index (χ1n) is 11.3. The van der Waals surface area contributed by atoms with Crippen molar-refractivity contribution in [3.05, 3.63) is 64.2 Å². The molecule has 9 nitrogen and oxygen atoms in total. The van der Waals surface area contributed by atoms with Gasteiger partial charge in [0.05, 0.1) is 17.7 Å². The van der Waals surface area contributed by atoms with Crippen molar-refractivity contribution >= 4 is 35.3 Å². The van der Waals surface area contributed by atoms with Gasteiger partial charge in [-0.15, -0.1) is 0 Å². The largest absolute Gasteiger partial charge is 0.454 e. The lowest BCUT2D eigenvalue weighted by Crippen LogP contribution is -2.49. The van der Waals surface area contributed by atoms with Gasteiger partial charge < -0.3 is 15.4 Å². The van der Waals surface area contributed by atoms with Crippen molar-refractivity contribution in [1.82, 2.24) is 10.2 Å². The fourth-order valence-corrected chi connectivity index (χ4v) is 4.15. The van der Waals surface area contributed by atoms with E-state index in [1.165, 1.54) is 12.1 Å². The zero-order chi connectivity index (χ0) is 25.9. The second kappa shape index (κ2) is 10.5. The smallest absolute Gasteiger partial charge is 0.330 e. The minimum absolute atomic E-state index is 0.221. The van der Waals surface area contributed by atoms with Crippen molar-refractivity contribution in [2.24, 2.45) is 5.92 Å². The molecule has 0 spiro atoms. The summed E-state index contributed by atoms with van der Waals surface area (Å²) in [6, 6.07) is 9.02. The monoisotopic (exact) mass is 479 g/mol. The van der Waals surface area contributed by atoms with Crippen LogP contribution in [0.15, 0.2) is 36.4 Å². The summed E-state index contributed by atoms with van der Waals surface area (Å²) in [4.78, 5) is 63.7. The summed E-state index contributed by atoms with van der Waals surface area (Å²) in [6.07, 6.45) is 0. The lowest BCUT2D eigenvalue weighted by Gasteiger charge is -2.27. The molecule has 184 valence electrons. The Morgan fingerprint density at radius 3 is 1.97 bits per heavy atom. The minimum Gasteiger partial charge on any atom is -0.454 e. The van der Waals surface area contributed by atoms with Crippen molar-refractivity contribution in [2.45, 2.75) is 40.7 Å². The number of carbonyl (C=O) groups excluding carboxylic acids is 5. The van der Waals surface area contributed by atoms with E-state index in [0.717, 1.165) is 21.6 Å². The Hall–Kier alpha value is -4.01. The molecular formula is C26H29N3O6. The normalized spacial score (nSPS) is 13.5. The van der Waals surface area contributed by atoms with E-state index in [1.807, 2.05) is 32.9 Å². The third-order valence-corrected chi connectivity index (χ3v) is 5.71. The first-order chi connectivity index (χ1) is 16.5. The third-order valence-electron chi connectivity index (χ3n) is 5.71. The molecule has 0 saturated carbocycles. The van der Waals surface area contributed by atoms with Crippen molar-refractivity contribution in [1.29, 1.82) is 0 Å². The Bertz CT molecular complexity index is 1150. The highest BCUT2D eigenvalue weighted by Crippen LogP contribution is 2.27. The molecule has 3 rings (SSSR count). The van der Waals surface area contributed by atoms with Crippen LogP contribution in [0, 0.1) is 26.7 Å². The van der Waals surface area contributed by atoms with E-state index in [0.29, 0.717) is 5.69 Å². The molecule has 1 atom stereocenters. The summed E-state index contributed by atoms with van der Waals surface area (Å²) in [5, 5.41) is 5.17. The van der Waals surface area contributed by atoms with Gasteiger partial charge in [-0.3, -0.25) is 24.1 Å². The lowest BCUT2D eigenvalue weighted by molar-refractivity contribution is -0.153. The molecule has 1 aliphatic heterocycles. The molecule has 9 heteroatoms. The number of imide groups is 1. The number of aryl methyl sites for hydroxylation is 3. The predicted molar refractivity (Wildman–Crippen MR) is 129 cm³/mol. The van der Waals surface area contributed by atoms with E-state index < -0.39 is 48.2 Å². The Morgan fingerprint density at radius 1 is 0.914 bits per heavy atom. The molecule has 0 aliphatic carbocycles. The lowest BCUT2D eigenvalue weighted by atomic mass is 10.0. The van der Waals surface area contributed by atoms with Crippen molar-refractivity contribution in [3.63, 3.8) is 0 Å². The first kappa shape index (κ1) is 25.6. The van der Waals surface area contributed by atoms with Crippen LogP contribution in [-0.4, -0.2) is 53.7 Å². The Kier molecular flexibility index (Phi) is 7.68. The van der Waals surface area contributed by atoms with E-state index in [1.54, 1.807) is 26.0 Å². The van der Waals surface area contributed by atoms with Gasteiger partial charge in [-0.25, -0.2) is 4.79 Å². The molecule has 0 radical (unpaired) electrons. The maximum atomic E-state index is 12.8. The highest BCUT2D eigenvalue weighted by molar-refractivity contribution is 6.22. The molecule has 0 saturated heterocycles. The average molecular weight is 480 g/mol. The summed E-state index contributed by atoms with van der Waals surface area (Å²) in [6.45, 7) is 8.12. The number of anilines is 1. The summed E-state index contributed by atoms with van der Waals surface area (Å²) < 4.78 is 5.11. The fraction of sp³-hybridized carbons (Fsp3) is 0.346. The second-order valence-corrected chi connectivity index (χ2v) is 8.92. The van der Waals surface area contributed by atoms with Crippen molar-refractivity contribution in [2.75, 3.05) is 18.5 Å². The molecule has 0 bridgehead atoms. The van der Waals surface area contributed by atoms with Crippen LogP contribution in [0.25, 0.3) is 0 Å². The summed E-state index contributed by atoms with van der Waals surface area (Å²) >= 11 is 0. The van der Waals surface area contributed by atoms with E-state index in [4.69, 9.17) is 4.74 Å². The van der Waals surface area contributed by atoms with Crippen LogP contribution in [0.1, 0.15) is 51.3 Å². The molecule has 1 heterocycles. The second-order valence-electron chi connectivity index (χ2n) is 8.92. The van der Waals surface area contributed by atoms with Crippen LogP contribution < -0.4 is 10.6 Å². The van der Waals surface area contributed by atoms with Gasteiger partial charge in [-0.2, -0.15) is 0 Å². The number of nitrogens with one attached hydrogen (secondary N) is 2. The number of benzene rings is 2. The Balaban J connectivity index is 1.55. The number of hydrogen-bond donors (Lipinski definition) is 2. The third kappa shape index (κ3) is 5.56. The highest BCUT2D eigenvalue weighted by Gasteiger charge is 2.44. The van der Waals surface area contributed by atoms with Gasteiger partial charge in [0.25, 0.3) is 17.7 Å². The van der Waals surface area contributed by atoms with E-state index in [9.17, 15) is 24.0 Å². The van der Waals surface area contributed by atoms with Gasteiger partial charge in [-0.1, -0.05) is 43.7 Å². The van der Waals surface area contributed by atoms with E-state index >= 15 is 0 Å². The van der Waals surface area contributed by atoms with E-state index in [2.05, 4.69) is 10.6 Å². The topological polar surface area (TPSA) is 122 Å². The van der Waals surface area contributed by atoms with Crippen LogP contribution >= 0.6 is 0 Å². The Labute approximate surface area is 203 Å². The van der Waals surface area contributed by atoms with Crippen molar-refractivity contribution < 1.29 is 28.7 Å². The predicted octanol–water partition coefficient (Wildman–Crippen LogP) is 2.53. The number of esters is 1. The zero-order valence-corrected chi connectivity index (χ0v) is 20.4. The number of ether oxygens (including phenoxy) is 1. The molecule has 2 aromatic rings. The fourth-order valence-electron chi connectivity index (χ4n) is 4.15. The van der Waals surface area contributed by atoms with Crippen LogP contribution in [-0.2, 0) is 19.1 Å². The SMILES string of the molecule is Cc1cc(C)c(NC(=O)CNC(=O)COC(=O)C(C(C)C)N2C(=O)c3ccccc3C2=O)c(C)c1. The maximum absolute atomic E-state index is 12.8. The van der Waals surface area contributed by atoms with Gasteiger partial charge in [0.1, 0.15) is 6.04 Å². The quantitative estimate of drug-likeness (QED) is 0.443. The van der Waals surface area contributed by atoms with Crippen molar-refractivity contribution in [3.8, 4) is 0 Å². The number of rotatable bonds is 8. The number of fused-ring (bicyclic) bond motifs is 1. The van der Waals surface area contributed by atoms with Gasteiger partial charge in [-0.05, 0) is 49.9 Å². The van der Waals surface area contributed by atoms with Gasteiger partial charge in [0.15, 0.2) is 6.61 Å². The number of carbonyl (C=O) groups is 5. The summed E-state index contributed by atoms with van der Waals surface area (Å²) in [7, 11) is 0. The molecule has 4 amide bonds. The van der Waals surface area contributed by atoms with Crippen LogP contribution in [0.3, 0.4) is 0 Å². The Morgan fingerprint density at radius 2 is 1.46 bits per heavy atom. The first-order valence-corrected chi connectivity index (χ1v) is 11.3. The van der Waals surface area contributed by atoms with Gasteiger partial charge >= 0.3 is 5.97 Å². The molecule has 0 fully saturated rings. The molecular weight excluding hydrogens is 450 g/mol.